The zero-order chi connectivity index (χ0) is 23.4. The van der Waals surface area contributed by atoms with Gasteiger partial charge in [0.25, 0.3) is 5.56 Å². The Morgan fingerprint density at radius 1 is 1.18 bits per heavy atom. The number of rotatable bonds is 7. The average molecular weight is 489 g/mol. The Morgan fingerprint density at radius 3 is 2.64 bits per heavy atom. The average Bonchev–Trinajstić information content (AvgIpc) is 3.23. The van der Waals surface area contributed by atoms with Crippen LogP contribution in [0.2, 0.25) is 0 Å². The first-order valence-corrected chi connectivity index (χ1v) is 12.8. The van der Waals surface area contributed by atoms with Crippen LogP contribution in [0.1, 0.15) is 17.7 Å². The van der Waals surface area contributed by atoms with Crippen molar-refractivity contribution in [2.75, 3.05) is 37.6 Å². The van der Waals surface area contributed by atoms with E-state index in [-0.39, 0.29) is 24.4 Å². The third kappa shape index (κ3) is 5.83. The molecule has 1 aromatic carbocycles. The van der Waals surface area contributed by atoms with E-state index in [1.54, 1.807) is 21.5 Å². The second-order valence-electron chi connectivity index (χ2n) is 7.59. The molecule has 12 heteroatoms. The highest BCUT2D eigenvalue weighted by atomic mass is 32.2. The number of benzene rings is 1. The minimum Gasteiger partial charge on any atom is -0.343 e. The fourth-order valence-electron chi connectivity index (χ4n) is 3.45. The number of hydrogen-bond donors (Lipinski definition) is 1. The van der Waals surface area contributed by atoms with E-state index in [1.165, 1.54) is 23.5 Å². The van der Waals surface area contributed by atoms with E-state index in [4.69, 9.17) is 0 Å². The lowest BCUT2D eigenvalue weighted by Crippen LogP contribution is -2.49. The van der Waals surface area contributed by atoms with Crippen molar-refractivity contribution in [1.29, 1.82) is 0 Å². The summed E-state index contributed by atoms with van der Waals surface area (Å²) in [5.41, 5.74) is 1.22. The number of fused-ring (bicyclic) bond motifs is 1. The number of anilines is 1. The van der Waals surface area contributed by atoms with Crippen LogP contribution in [-0.4, -0.2) is 66.5 Å². The number of hydrogen-bond acceptors (Lipinski definition) is 8. The van der Waals surface area contributed by atoms with Gasteiger partial charge in [0.15, 0.2) is 0 Å². The monoisotopic (exact) mass is 488 g/mol. The molecular weight excluding hydrogens is 464 g/mol. The smallest absolute Gasteiger partial charge is 0.274 e. The van der Waals surface area contributed by atoms with E-state index in [0.29, 0.717) is 31.1 Å². The minimum absolute atomic E-state index is 0.0392. The number of aryl methyl sites for hydroxylation is 1. The highest BCUT2D eigenvalue weighted by molar-refractivity contribution is 7.92. The van der Waals surface area contributed by atoms with Gasteiger partial charge in [-0.25, -0.2) is 17.7 Å². The maximum atomic E-state index is 12.5. The molecule has 2 aromatic heterocycles. The van der Waals surface area contributed by atoms with E-state index >= 15 is 0 Å². The molecule has 1 N–H and O–H groups in total. The number of amides is 1. The topological polar surface area (TPSA) is 117 Å². The molecule has 0 bridgehead atoms. The Balaban J connectivity index is 1.26. The molecule has 0 spiro atoms. The lowest BCUT2D eigenvalue weighted by Gasteiger charge is -2.34. The van der Waals surface area contributed by atoms with E-state index in [1.807, 2.05) is 25.1 Å². The van der Waals surface area contributed by atoms with Crippen LogP contribution in [0.5, 0.6) is 0 Å². The van der Waals surface area contributed by atoms with Gasteiger partial charge in [0.05, 0.1) is 0 Å². The summed E-state index contributed by atoms with van der Waals surface area (Å²) in [6.07, 6.45) is 1.60. The zero-order valence-corrected chi connectivity index (χ0v) is 19.7. The van der Waals surface area contributed by atoms with Crippen LogP contribution < -0.4 is 15.2 Å². The third-order valence-electron chi connectivity index (χ3n) is 5.21. The van der Waals surface area contributed by atoms with Gasteiger partial charge < -0.3 is 9.80 Å². The first-order chi connectivity index (χ1) is 15.8. The van der Waals surface area contributed by atoms with Gasteiger partial charge in [-0.05, 0) is 18.6 Å². The van der Waals surface area contributed by atoms with E-state index in [0.717, 1.165) is 21.8 Å². The highest BCUT2D eigenvalue weighted by Gasteiger charge is 2.23. The van der Waals surface area contributed by atoms with Gasteiger partial charge in [0, 0.05) is 56.3 Å². The number of nitrogens with one attached hydrogen (secondary N) is 1. The third-order valence-corrected chi connectivity index (χ3v) is 7.28. The van der Waals surface area contributed by atoms with Crippen LogP contribution in [0.25, 0.3) is 11.0 Å². The number of nitrogens with zero attached hydrogens (tertiary/aromatic N) is 5. The lowest BCUT2D eigenvalue weighted by molar-refractivity contribution is -0.131. The van der Waals surface area contributed by atoms with Crippen molar-refractivity contribution < 1.29 is 13.2 Å². The normalized spacial score (nSPS) is 14.9. The van der Waals surface area contributed by atoms with Gasteiger partial charge in [-0.2, -0.15) is 4.98 Å². The van der Waals surface area contributed by atoms with E-state index < -0.39 is 10.0 Å². The molecule has 1 saturated heterocycles. The van der Waals surface area contributed by atoms with Crippen molar-refractivity contribution in [1.82, 2.24) is 24.2 Å². The predicted octanol–water partition coefficient (Wildman–Crippen LogP) is 1.09. The van der Waals surface area contributed by atoms with E-state index in [2.05, 4.69) is 19.7 Å². The second kappa shape index (κ2) is 9.81. The summed E-state index contributed by atoms with van der Waals surface area (Å²) in [5, 5.41) is 6.39. The predicted molar refractivity (Wildman–Crippen MR) is 128 cm³/mol. The molecule has 0 atom stereocenters. The van der Waals surface area contributed by atoms with Crippen molar-refractivity contribution in [3.05, 3.63) is 63.4 Å². The largest absolute Gasteiger partial charge is 0.343 e. The number of piperazine rings is 1. The number of sulfonamides is 1. The van der Waals surface area contributed by atoms with Crippen molar-refractivity contribution in [3.8, 4) is 0 Å². The SMILES string of the molecule is Cc1cc(=O)nc2sc(N3CCN(C(=O)CCNS(=O)(=O)C=Cc4ccccc4)CC3)nn12. The van der Waals surface area contributed by atoms with E-state index in [9.17, 15) is 18.0 Å². The second-order valence-corrected chi connectivity index (χ2v) is 10.2. The highest BCUT2D eigenvalue weighted by Crippen LogP contribution is 2.23. The Labute approximate surface area is 195 Å². The molecule has 0 radical (unpaired) electrons. The zero-order valence-electron chi connectivity index (χ0n) is 18.0. The molecule has 1 aliphatic rings. The minimum atomic E-state index is -3.62. The van der Waals surface area contributed by atoms with Crippen LogP contribution in [0.4, 0.5) is 5.13 Å². The maximum Gasteiger partial charge on any atom is 0.274 e. The van der Waals surface area contributed by atoms with Crippen molar-refractivity contribution in [2.24, 2.45) is 0 Å². The lowest BCUT2D eigenvalue weighted by atomic mass is 10.2. The Bertz CT molecular complexity index is 1330. The first kappa shape index (κ1) is 23.1. The molecule has 3 heterocycles. The summed E-state index contributed by atoms with van der Waals surface area (Å²) >= 11 is 1.34. The first-order valence-electron chi connectivity index (χ1n) is 10.4. The summed E-state index contributed by atoms with van der Waals surface area (Å²) in [5.74, 6) is -0.100. The van der Waals surface area contributed by atoms with Crippen LogP contribution in [0.15, 0.2) is 46.6 Å². The number of carbonyl (C=O) groups excluding carboxylic acids is 1. The maximum absolute atomic E-state index is 12.5. The molecule has 1 fully saturated rings. The van der Waals surface area contributed by atoms with Gasteiger partial charge in [-0.3, -0.25) is 9.59 Å². The van der Waals surface area contributed by atoms with Crippen molar-refractivity contribution in [2.45, 2.75) is 13.3 Å². The fourth-order valence-corrected chi connectivity index (χ4v) is 5.28. The van der Waals surface area contributed by atoms with Crippen LogP contribution in [-0.2, 0) is 14.8 Å². The number of aromatic nitrogens is 3. The summed E-state index contributed by atoms with van der Waals surface area (Å²) in [6, 6.07) is 10.6. The van der Waals surface area contributed by atoms with Crippen molar-refractivity contribution in [3.63, 3.8) is 0 Å². The van der Waals surface area contributed by atoms with Crippen molar-refractivity contribution >= 4 is 43.4 Å². The van der Waals surface area contributed by atoms with Crippen LogP contribution in [0, 0.1) is 6.92 Å². The molecule has 4 rings (SSSR count). The molecule has 33 heavy (non-hydrogen) atoms. The summed E-state index contributed by atoms with van der Waals surface area (Å²) in [4.78, 5) is 32.5. The molecule has 1 amide bonds. The molecular formula is C21H24N6O4S2. The van der Waals surface area contributed by atoms with Gasteiger partial charge >= 0.3 is 0 Å². The summed E-state index contributed by atoms with van der Waals surface area (Å²) < 4.78 is 28.3. The van der Waals surface area contributed by atoms with Gasteiger partial charge in [-0.15, -0.1) is 5.10 Å². The molecule has 0 saturated carbocycles. The Morgan fingerprint density at radius 2 is 1.91 bits per heavy atom. The Hall–Kier alpha value is -3.09. The summed E-state index contributed by atoms with van der Waals surface area (Å²) in [7, 11) is -3.62. The Kier molecular flexibility index (Phi) is 6.86. The molecule has 0 aliphatic carbocycles. The molecule has 10 nitrogen and oxygen atoms in total. The van der Waals surface area contributed by atoms with Gasteiger partial charge in [0.1, 0.15) is 0 Å². The van der Waals surface area contributed by atoms with Crippen LogP contribution in [0.3, 0.4) is 0 Å². The quantitative estimate of drug-likeness (QED) is 0.529. The summed E-state index contributed by atoms with van der Waals surface area (Å²) in [6.45, 7) is 4.07. The number of carbonyl (C=O) groups is 1. The van der Waals surface area contributed by atoms with Gasteiger partial charge in [-0.1, -0.05) is 41.7 Å². The van der Waals surface area contributed by atoms with Gasteiger partial charge in [0.2, 0.25) is 26.0 Å². The fraction of sp³-hybridized carbons (Fsp3) is 0.333. The molecule has 3 aromatic rings. The molecule has 1 aliphatic heterocycles. The standard InChI is InChI=1S/C21H24N6O4S2/c1-16-15-18(28)23-20-27(16)24-21(32-20)26-12-10-25(11-13-26)19(29)7-9-22-33(30,31)14-8-17-5-3-2-4-6-17/h2-6,8,14-15,22H,7,9-13H2,1H3. The molecule has 0 unspecified atom stereocenters. The molecule has 174 valence electrons. The van der Waals surface area contributed by atoms with Crippen LogP contribution >= 0.6 is 11.3 Å².